The van der Waals surface area contributed by atoms with Crippen molar-refractivity contribution in [3.8, 4) is 11.1 Å². The van der Waals surface area contributed by atoms with Gasteiger partial charge < -0.3 is 15.2 Å². The molecule has 1 unspecified atom stereocenters. The number of nitrogens with one attached hydrogen (secondary N) is 2. The Morgan fingerprint density at radius 1 is 1.33 bits per heavy atom. The maximum Gasteiger partial charge on any atom is 0.246 e. The fourth-order valence-electron chi connectivity index (χ4n) is 4.40. The number of aromatic amines is 1. The third-order valence-corrected chi connectivity index (χ3v) is 6.23. The number of carbonyl (C=O) groups is 2. The van der Waals surface area contributed by atoms with Gasteiger partial charge in [0.15, 0.2) is 0 Å². The van der Waals surface area contributed by atoms with Crippen LogP contribution in [0.2, 0.25) is 5.02 Å². The van der Waals surface area contributed by atoms with Crippen LogP contribution in [0.25, 0.3) is 27.7 Å². The summed E-state index contributed by atoms with van der Waals surface area (Å²) in [6.07, 6.45) is 8.35. The Hall–Kier alpha value is -3.72. The second kappa shape index (κ2) is 8.67. The van der Waals surface area contributed by atoms with Crippen molar-refractivity contribution in [2.24, 2.45) is 0 Å². The molecule has 0 saturated carbocycles. The maximum atomic E-state index is 12.6. The molecule has 1 saturated heterocycles. The fraction of sp³-hybridized carbons (Fsp3) is 0.261. The first-order chi connectivity index (χ1) is 16.1. The van der Waals surface area contributed by atoms with Crippen molar-refractivity contribution >= 4 is 40.0 Å². The molecule has 0 aliphatic carbocycles. The number of carbonyl (C=O) groups excluding carboxylic acids is 2. The monoisotopic (exact) mass is 463 g/mol. The maximum absolute atomic E-state index is 12.6. The van der Waals surface area contributed by atoms with Gasteiger partial charge in [0.25, 0.3) is 0 Å². The van der Waals surface area contributed by atoms with Crippen LogP contribution in [0.5, 0.6) is 0 Å². The normalized spacial score (nSPS) is 15.9. The number of amides is 2. The van der Waals surface area contributed by atoms with Crippen LogP contribution >= 0.6 is 11.6 Å². The van der Waals surface area contributed by atoms with Crippen LogP contribution in [0.1, 0.15) is 18.5 Å². The molecule has 1 aliphatic rings. The predicted molar refractivity (Wildman–Crippen MR) is 125 cm³/mol. The second-order valence-corrected chi connectivity index (χ2v) is 8.34. The average Bonchev–Trinajstić information content (AvgIpc) is 3.56. The minimum atomic E-state index is -0.436. The summed E-state index contributed by atoms with van der Waals surface area (Å²) in [5.41, 5.74) is 4.17. The van der Waals surface area contributed by atoms with Crippen LogP contribution in [-0.4, -0.2) is 60.6 Å². The van der Waals surface area contributed by atoms with E-state index in [1.54, 1.807) is 28.1 Å². The number of hydrogen-bond donors (Lipinski definition) is 2. The number of likely N-dealkylation sites (tertiary alicyclic amines) is 1. The Kier molecular flexibility index (Phi) is 5.55. The highest BCUT2D eigenvalue weighted by Crippen LogP contribution is 2.36. The number of fused-ring (bicyclic) bond motifs is 2. The van der Waals surface area contributed by atoms with E-state index in [2.05, 4.69) is 32.1 Å². The molecule has 5 rings (SSSR count). The molecule has 1 aliphatic heterocycles. The fourth-order valence-corrected chi connectivity index (χ4v) is 4.65. The van der Waals surface area contributed by atoms with E-state index in [1.807, 2.05) is 18.2 Å². The number of H-pyrrole nitrogens is 1. The van der Waals surface area contributed by atoms with E-state index in [4.69, 9.17) is 11.6 Å². The van der Waals surface area contributed by atoms with E-state index < -0.39 is 6.04 Å². The van der Waals surface area contributed by atoms with E-state index in [9.17, 15) is 9.59 Å². The number of rotatable bonds is 6. The molecule has 5 heterocycles. The van der Waals surface area contributed by atoms with E-state index >= 15 is 0 Å². The molecule has 0 aromatic carbocycles. The van der Waals surface area contributed by atoms with Gasteiger partial charge in [-0.2, -0.15) is 14.8 Å². The molecule has 1 atom stereocenters. The summed E-state index contributed by atoms with van der Waals surface area (Å²) in [5.74, 6) is -0.346. The van der Waals surface area contributed by atoms with Gasteiger partial charge in [-0.25, -0.2) is 4.98 Å². The third-order valence-electron chi connectivity index (χ3n) is 5.95. The molecular weight excluding hydrogens is 442 g/mol. The van der Waals surface area contributed by atoms with Gasteiger partial charge in [0, 0.05) is 54.1 Å². The average molecular weight is 464 g/mol. The van der Waals surface area contributed by atoms with E-state index in [1.165, 1.54) is 6.08 Å². The van der Waals surface area contributed by atoms with Crippen molar-refractivity contribution in [3.63, 3.8) is 0 Å². The van der Waals surface area contributed by atoms with Gasteiger partial charge in [-0.15, -0.1) is 0 Å². The summed E-state index contributed by atoms with van der Waals surface area (Å²) in [6, 6.07) is 5.35. The van der Waals surface area contributed by atoms with Crippen LogP contribution in [0.4, 0.5) is 0 Å². The summed E-state index contributed by atoms with van der Waals surface area (Å²) >= 11 is 6.54. The van der Waals surface area contributed by atoms with Crippen LogP contribution in [0, 0.1) is 0 Å². The molecule has 9 nitrogen and oxygen atoms in total. The van der Waals surface area contributed by atoms with Crippen LogP contribution in [-0.2, 0) is 16.0 Å². The Balaban J connectivity index is 1.34. The molecule has 2 N–H and O–H groups in total. The van der Waals surface area contributed by atoms with Gasteiger partial charge in [-0.05, 0) is 37.1 Å². The zero-order valence-electron chi connectivity index (χ0n) is 17.8. The molecule has 4 aromatic heterocycles. The lowest BCUT2D eigenvalue weighted by Crippen LogP contribution is -2.45. The minimum Gasteiger partial charge on any atom is -0.354 e. The smallest absolute Gasteiger partial charge is 0.246 e. The number of aromatic nitrogens is 5. The topological polar surface area (TPSA) is 108 Å². The Morgan fingerprint density at radius 2 is 2.21 bits per heavy atom. The molecule has 33 heavy (non-hydrogen) atoms. The lowest BCUT2D eigenvalue weighted by molar-refractivity contribution is -0.135. The number of halogens is 1. The molecule has 0 radical (unpaired) electrons. The first-order valence-corrected chi connectivity index (χ1v) is 11.1. The summed E-state index contributed by atoms with van der Waals surface area (Å²) in [7, 11) is 0. The highest BCUT2D eigenvalue weighted by Gasteiger charge is 2.32. The summed E-state index contributed by atoms with van der Waals surface area (Å²) < 4.78 is 1.56. The highest BCUT2D eigenvalue weighted by atomic mass is 35.5. The minimum absolute atomic E-state index is 0.139. The molecule has 0 bridgehead atoms. The second-order valence-electron chi connectivity index (χ2n) is 7.93. The van der Waals surface area contributed by atoms with Crippen molar-refractivity contribution < 1.29 is 9.59 Å². The van der Waals surface area contributed by atoms with E-state index in [0.717, 1.165) is 34.1 Å². The van der Waals surface area contributed by atoms with Gasteiger partial charge in [0.2, 0.25) is 11.8 Å². The van der Waals surface area contributed by atoms with Gasteiger partial charge in [-0.1, -0.05) is 18.2 Å². The third kappa shape index (κ3) is 3.84. The largest absolute Gasteiger partial charge is 0.354 e. The Labute approximate surface area is 194 Å². The Morgan fingerprint density at radius 3 is 3.06 bits per heavy atom. The van der Waals surface area contributed by atoms with Crippen molar-refractivity contribution in [1.82, 2.24) is 35.0 Å². The summed E-state index contributed by atoms with van der Waals surface area (Å²) in [5, 5.41) is 12.9. The van der Waals surface area contributed by atoms with Crippen molar-refractivity contribution in [1.29, 1.82) is 0 Å². The Bertz CT molecular complexity index is 1380. The van der Waals surface area contributed by atoms with Gasteiger partial charge in [0.05, 0.1) is 16.7 Å². The van der Waals surface area contributed by atoms with Crippen molar-refractivity contribution in [2.45, 2.75) is 25.3 Å². The molecule has 10 heteroatoms. The molecule has 4 aromatic rings. The van der Waals surface area contributed by atoms with Gasteiger partial charge in [-0.3, -0.25) is 9.59 Å². The van der Waals surface area contributed by atoms with Crippen LogP contribution in [0.3, 0.4) is 0 Å². The van der Waals surface area contributed by atoms with Gasteiger partial charge >= 0.3 is 0 Å². The summed E-state index contributed by atoms with van der Waals surface area (Å²) in [4.78, 5) is 33.9. The lowest BCUT2D eigenvalue weighted by atomic mass is 10.1. The number of nitrogens with zero attached hydrogens (tertiary/aromatic N) is 5. The van der Waals surface area contributed by atoms with Crippen LogP contribution < -0.4 is 5.32 Å². The molecule has 2 amide bonds. The molecule has 0 spiro atoms. The lowest BCUT2D eigenvalue weighted by Gasteiger charge is -2.22. The SMILES string of the molecule is C=CC(=O)N1CCCC1C(=O)NCCc1cc2c(-c3cnn4ncccc34)c(Cl)cnc2[nH]1. The number of hydrogen-bond acceptors (Lipinski definition) is 5. The standard InChI is InChI=1S/C23H22ClN7O2/c1-2-20(32)30-10-4-6-19(30)23(33)25-9-7-14-11-15-21(17(24)13-26-22(15)29-14)16-12-28-31-18(16)5-3-8-27-31/h2-3,5,8,11-13,19H,1,4,6-7,9-10H2,(H,25,33)(H,26,29). The molecule has 1 fully saturated rings. The van der Waals surface area contributed by atoms with Gasteiger partial charge in [0.1, 0.15) is 11.7 Å². The summed E-state index contributed by atoms with van der Waals surface area (Å²) in [6.45, 7) is 4.53. The van der Waals surface area contributed by atoms with E-state index in [-0.39, 0.29) is 11.8 Å². The predicted octanol–water partition coefficient (Wildman–Crippen LogP) is 2.76. The number of pyridine rings is 1. The molecular formula is C23H22ClN7O2. The van der Waals surface area contributed by atoms with Crippen molar-refractivity contribution in [2.75, 3.05) is 13.1 Å². The van der Waals surface area contributed by atoms with E-state index in [0.29, 0.717) is 36.6 Å². The first kappa shape index (κ1) is 21.1. The highest BCUT2D eigenvalue weighted by molar-refractivity contribution is 6.35. The quantitative estimate of drug-likeness (QED) is 0.427. The first-order valence-electron chi connectivity index (χ1n) is 10.7. The molecule has 168 valence electrons. The van der Waals surface area contributed by atoms with Crippen molar-refractivity contribution in [3.05, 3.63) is 60.2 Å². The zero-order valence-corrected chi connectivity index (χ0v) is 18.5. The van der Waals surface area contributed by atoms with Crippen LogP contribution in [0.15, 0.2) is 49.4 Å². The zero-order chi connectivity index (χ0) is 22.9.